The second-order valence-electron chi connectivity index (χ2n) is 21.4. The van der Waals surface area contributed by atoms with E-state index in [0.29, 0.717) is 0 Å². The molecule has 7 rings (SSSR count). The summed E-state index contributed by atoms with van der Waals surface area (Å²) in [5.41, 5.74) is 13.4. The predicted molar refractivity (Wildman–Crippen MR) is 267 cm³/mol. The van der Waals surface area contributed by atoms with E-state index < -0.39 is 0 Å². The Morgan fingerprint density at radius 2 is 1.26 bits per heavy atom. The van der Waals surface area contributed by atoms with Crippen molar-refractivity contribution in [2.75, 3.05) is 0 Å². The normalized spacial score (nSPS) is 15.4. The van der Waals surface area contributed by atoms with E-state index in [1.807, 2.05) is 52.9 Å². The molecule has 62 heavy (non-hydrogen) atoms. The van der Waals surface area contributed by atoms with Crippen molar-refractivity contribution in [2.24, 2.45) is 10.8 Å². The van der Waals surface area contributed by atoms with Gasteiger partial charge in [-0.25, -0.2) is 0 Å². The van der Waals surface area contributed by atoms with Crippen LogP contribution in [0.2, 0.25) is 0 Å². The molecule has 0 saturated heterocycles. The maximum absolute atomic E-state index is 12.2. The van der Waals surface area contributed by atoms with Gasteiger partial charge in [0.05, 0.1) is 0 Å². The first kappa shape index (κ1) is 49.6. The van der Waals surface area contributed by atoms with E-state index in [9.17, 15) is 9.90 Å². The van der Waals surface area contributed by atoms with Gasteiger partial charge in [-0.1, -0.05) is 119 Å². The van der Waals surface area contributed by atoms with Crippen molar-refractivity contribution in [1.82, 2.24) is 4.98 Å². The van der Waals surface area contributed by atoms with Crippen LogP contribution in [0.25, 0.3) is 53.0 Å². The molecule has 0 bridgehead atoms. The van der Waals surface area contributed by atoms with Crippen molar-refractivity contribution in [3.05, 3.63) is 98.9 Å². The van der Waals surface area contributed by atoms with Gasteiger partial charge in [0.2, 0.25) is 0 Å². The quantitative estimate of drug-likeness (QED) is 0.0939. The van der Waals surface area contributed by atoms with Crippen LogP contribution in [0.4, 0.5) is 0 Å². The number of carbonyl (C=O) groups is 1. The molecule has 4 aromatic carbocycles. The molecule has 0 spiro atoms. The smallest absolute Gasteiger partial charge is 0.164 e. The molecule has 335 valence electrons. The molecule has 6 aromatic rings. The molecule has 0 amide bonds. The van der Waals surface area contributed by atoms with Crippen LogP contribution in [0.3, 0.4) is 0 Å². The maximum atomic E-state index is 12.2. The Balaban J connectivity index is 0.000000345. The van der Waals surface area contributed by atoms with Crippen LogP contribution < -0.4 is 0 Å². The van der Waals surface area contributed by atoms with Crippen LogP contribution >= 0.6 is 11.3 Å². The van der Waals surface area contributed by atoms with E-state index >= 15 is 0 Å². The van der Waals surface area contributed by atoms with E-state index in [1.165, 1.54) is 88.6 Å². The minimum atomic E-state index is -0.337. The topological polar surface area (TPSA) is 50.2 Å². The van der Waals surface area contributed by atoms with Gasteiger partial charge in [0.1, 0.15) is 5.76 Å². The average Bonchev–Trinajstić information content (AvgIpc) is 3.63. The first-order valence-corrected chi connectivity index (χ1v) is 23.9. The van der Waals surface area contributed by atoms with Crippen molar-refractivity contribution in [3.63, 3.8) is 0 Å². The monoisotopic (exact) mass is 1030 g/mol. The van der Waals surface area contributed by atoms with Crippen molar-refractivity contribution >= 4 is 58.8 Å². The number of aryl methyl sites for hydroxylation is 5. The number of benzene rings is 4. The first-order valence-electron chi connectivity index (χ1n) is 23.0. The molecular weight excluding hydrogens is 955 g/mol. The second-order valence-corrected chi connectivity index (χ2v) is 22.4. The molecule has 0 atom stereocenters. The van der Waals surface area contributed by atoms with E-state index in [-0.39, 0.29) is 58.7 Å². The van der Waals surface area contributed by atoms with E-state index in [0.717, 1.165) is 42.3 Å². The van der Waals surface area contributed by atoms with Gasteiger partial charge in [-0.3, -0.25) is 9.78 Å². The van der Waals surface area contributed by atoms with Crippen molar-refractivity contribution < 1.29 is 30.0 Å². The second kappa shape index (κ2) is 17.5. The number of rotatable bonds is 8. The summed E-state index contributed by atoms with van der Waals surface area (Å²) < 4.78 is 2.89. The first-order chi connectivity index (χ1) is 28.3. The minimum absolute atomic E-state index is 0. The zero-order valence-electron chi connectivity index (χ0n) is 41.3. The van der Waals surface area contributed by atoms with Gasteiger partial charge in [-0.05, 0) is 134 Å². The maximum Gasteiger partial charge on any atom is 0.164 e. The Morgan fingerprint density at radius 1 is 0.726 bits per heavy atom. The fourth-order valence-electron chi connectivity index (χ4n) is 10.3. The summed E-state index contributed by atoms with van der Waals surface area (Å²) in [4.78, 5) is 17.4. The van der Waals surface area contributed by atoms with E-state index in [4.69, 9.17) is 4.98 Å². The van der Waals surface area contributed by atoms with Gasteiger partial charge in [0.25, 0.3) is 0 Å². The SMILES string of the molecule is CCC(C)(CC)C(=O)/C=C(\O)C(C)(CC)CC.Cc1c(C)c2c(sc3c(C)c4c(c(C)c32)C(C)(C)CCC4(C)C)c2c(C)c(-c3[c-]c4ccccc4c(C(C)(C)C)c3)ncc12.[Ir]. The molecule has 0 unspecified atom stereocenters. The number of ketones is 1. The van der Waals surface area contributed by atoms with E-state index in [1.54, 1.807) is 11.1 Å². The molecule has 2 heterocycles. The van der Waals surface area contributed by atoms with Gasteiger partial charge in [-0.2, -0.15) is 0 Å². The number of aliphatic hydroxyl groups excluding tert-OH is 1. The predicted octanol–water partition coefficient (Wildman–Crippen LogP) is 17.1. The molecule has 1 radical (unpaired) electrons. The fraction of sp³-hybridized carbons (Fsp3) is 0.509. The molecule has 0 fully saturated rings. The van der Waals surface area contributed by atoms with Crippen LogP contribution in [-0.2, 0) is 41.1 Å². The van der Waals surface area contributed by atoms with E-state index in [2.05, 4.69) is 126 Å². The van der Waals surface area contributed by atoms with Gasteiger partial charge in [0.15, 0.2) is 5.78 Å². The molecule has 1 aliphatic carbocycles. The van der Waals surface area contributed by atoms with Crippen LogP contribution in [0.15, 0.2) is 48.4 Å². The number of thiophene rings is 1. The Bertz CT molecular complexity index is 2730. The van der Waals surface area contributed by atoms with Gasteiger partial charge in [-0.15, -0.1) is 40.5 Å². The van der Waals surface area contributed by atoms with Gasteiger partial charge in [0, 0.05) is 74.5 Å². The van der Waals surface area contributed by atoms with Crippen molar-refractivity contribution in [3.8, 4) is 11.3 Å². The summed E-state index contributed by atoms with van der Waals surface area (Å²) in [5, 5.41) is 18.2. The summed E-state index contributed by atoms with van der Waals surface area (Å²) >= 11 is 2.02. The third-order valence-electron chi connectivity index (χ3n) is 15.7. The van der Waals surface area contributed by atoms with Gasteiger partial charge < -0.3 is 5.11 Å². The Hall–Kier alpha value is -3.37. The van der Waals surface area contributed by atoms with Gasteiger partial charge >= 0.3 is 0 Å². The minimum Gasteiger partial charge on any atom is -0.512 e. The molecule has 1 aliphatic rings. The Morgan fingerprint density at radius 3 is 1.81 bits per heavy atom. The number of pyridine rings is 1. The fourth-order valence-corrected chi connectivity index (χ4v) is 11.8. The number of hydrogen-bond donors (Lipinski definition) is 1. The number of fused-ring (bicyclic) bond motifs is 7. The third-order valence-corrected chi connectivity index (χ3v) is 17.0. The standard InChI is InChI=1S/C42H46NS.C15H28O2.Ir/c1-22-23(2)33-34-24(3)35-36(42(11,12)18-17-41(35,9)10)26(5)38(34)44-39(33)32-25(4)37(43-21-30(22)32)28-19-27-15-13-14-16-29(27)31(20-28)40(6,7)8;1-7-14(5,8-2)12(16)11-13(17)15(6,9-3)10-4;/h13-16,20-21H,17-18H2,1-12H3;11,16H,7-10H2,1-6H3;/q-1;;/b;12-11-;. The summed E-state index contributed by atoms with van der Waals surface area (Å²) in [6.07, 6.45) is 9.36. The molecule has 5 heteroatoms. The number of nitrogens with zero attached hydrogens (tertiary/aromatic N) is 1. The Kier molecular flexibility index (Phi) is 14.0. The molecule has 3 nitrogen and oxygen atoms in total. The molecule has 0 saturated carbocycles. The number of aliphatic hydroxyl groups is 1. The molecule has 0 aliphatic heterocycles. The summed E-state index contributed by atoms with van der Waals surface area (Å²) in [5.74, 6) is 0.286. The zero-order chi connectivity index (χ0) is 45.4. The van der Waals surface area contributed by atoms with Crippen molar-refractivity contribution in [1.29, 1.82) is 0 Å². The van der Waals surface area contributed by atoms with Crippen LogP contribution in [0.5, 0.6) is 0 Å². The number of allylic oxidation sites excluding steroid dienone is 2. The zero-order valence-corrected chi connectivity index (χ0v) is 44.5. The molecular formula is C57H74IrNO2S-. The van der Waals surface area contributed by atoms with Crippen LogP contribution in [-0.4, -0.2) is 15.9 Å². The summed E-state index contributed by atoms with van der Waals surface area (Å²) in [6.45, 7) is 40.6. The average molecular weight is 1030 g/mol. The molecule has 1 N–H and O–H groups in total. The van der Waals surface area contributed by atoms with Crippen LogP contribution in [0, 0.1) is 51.5 Å². The number of hydrogen-bond acceptors (Lipinski definition) is 4. The van der Waals surface area contributed by atoms with Crippen LogP contribution in [0.1, 0.15) is 173 Å². The summed E-state index contributed by atoms with van der Waals surface area (Å²) in [6, 6.07) is 14.8. The third kappa shape index (κ3) is 8.26. The Labute approximate surface area is 391 Å². The molecule has 2 aromatic heterocycles. The largest absolute Gasteiger partial charge is 0.512 e. The summed E-state index contributed by atoms with van der Waals surface area (Å²) in [7, 11) is 0. The number of carbonyl (C=O) groups excluding carboxylic acids is 1. The number of aromatic nitrogens is 1. The van der Waals surface area contributed by atoms with Crippen molar-refractivity contribution in [2.45, 2.75) is 179 Å².